The van der Waals surface area contributed by atoms with Gasteiger partial charge in [0.25, 0.3) is 5.91 Å². The molecule has 6 nitrogen and oxygen atoms in total. The van der Waals surface area contributed by atoms with E-state index in [1.807, 2.05) is 18.2 Å². The molecule has 0 unspecified atom stereocenters. The van der Waals surface area contributed by atoms with Crippen LogP contribution in [-0.2, 0) is 6.54 Å². The van der Waals surface area contributed by atoms with Gasteiger partial charge in [0.15, 0.2) is 0 Å². The number of anilines is 1. The molecular formula is C13H12BrN5OS. The maximum absolute atomic E-state index is 12.2. The van der Waals surface area contributed by atoms with Crippen molar-refractivity contribution in [1.82, 2.24) is 20.3 Å². The van der Waals surface area contributed by atoms with Crippen LogP contribution in [0.15, 0.2) is 35.1 Å². The van der Waals surface area contributed by atoms with E-state index in [1.54, 1.807) is 17.1 Å². The summed E-state index contributed by atoms with van der Waals surface area (Å²) in [6.45, 7) is 1.04. The zero-order valence-electron chi connectivity index (χ0n) is 10.9. The maximum Gasteiger partial charge on any atom is 0.263 e. The Bertz CT molecular complexity index is 783. The fourth-order valence-electron chi connectivity index (χ4n) is 1.98. The van der Waals surface area contributed by atoms with Gasteiger partial charge >= 0.3 is 0 Å². The molecule has 0 aliphatic heterocycles. The molecular weight excluding hydrogens is 354 g/mol. The minimum Gasteiger partial charge on any atom is -0.397 e. The third-order valence-electron chi connectivity index (χ3n) is 3.00. The number of hydrogen-bond acceptors (Lipinski definition) is 5. The van der Waals surface area contributed by atoms with Gasteiger partial charge in [-0.25, -0.2) is 0 Å². The molecule has 8 heteroatoms. The number of nitrogens with one attached hydrogen (secondary N) is 1. The number of carbonyl (C=O) groups excluding carboxylic acids is 1. The number of fused-ring (bicyclic) bond motifs is 1. The Labute approximate surface area is 133 Å². The topological polar surface area (TPSA) is 85.8 Å². The highest BCUT2D eigenvalue weighted by molar-refractivity contribution is 9.10. The van der Waals surface area contributed by atoms with Gasteiger partial charge in [0, 0.05) is 27.3 Å². The second kappa shape index (κ2) is 5.82. The molecule has 2 heterocycles. The van der Waals surface area contributed by atoms with Crippen molar-refractivity contribution >= 4 is 48.9 Å². The molecule has 1 amide bonds. The summed E-state index contributed by atoms with van der Waals surface area (Å²) < 4.78 is 3.61. The number of rotatable bonds is 4. The summed E-state index contributed by atoms with van der Waals surface area (Å²) in [5.74, 6) is -0.162. The van der Waals surface area contributed by atoms with Crippen LogP contribution in [0.25, 0.3) is 10.1 Å². The van der Waals surface area contributed by atoms with Crippen molar-refractivity contribution in [3.05, 3.63) is 39.9 Å². The predicted octanol–water partition coefficient (Wildman–Crippen LogP) is 2.27. The van der Waals surface area contributed by atoms with Crippen LogP contribution in [0.4, 0.5) is 5.69 Å². The molecule has 108 valence electrons. The average Bonchev–Trinajstić information content (AvgIpc) is 3.07. The fourth-order valence-corrected chi connectivity index (χ4v) is 3.57. The van der Waals surface area contributed by atoms with Gasteiger partial charge in [-0.2, -0.15) is 0 Å². The van der Waals surface area contributed by atoms with E-state index in [9.17, 15) is 4.79 Å². The van der Waals surface area contributed by atoms with E-state index >= 15 is 0 Å². The van der Waals surface area contributed by atoms with E-state index in [0.29, 0.717) is 23.7 Å². The molecule has 2 aromatic heterocycles. The molecule has 21 heavy (non-hydrogen) atoms. The van der Waals surface area contributed by atoms with Crippen molar-refractivity contribution in [3.8, 4) is 0 Å². The van der Waals surface area contributed by atoms with Crippen LogP contribution in [0.3, 0.4) is 0 Å². The highest BCUT2D eigenvalue weighted by Crippen LogP contribution is 2.35. The standard InChI is InChI=1S/C13H12BrN5OS/c14-8-1-2-9-10(7-8)21-12(11(9)15)13(20)16-3-5-19-6-4-17-18-19/h1-2,4,6-7H,3,5,15H2,(H,16,20). The minimum atomic E-state index is -0.162. The summed E-state index contributed by atoms with van der Waals surface area (Å²) in [7, 11) is 0. The number of amides is 1. The van der Waals surface area contributed by atoms with Crippen LogP contribution < -0.4 is 11.1 Å². The SMILES string of the molecule is Nc1c(C(=O)NCCn2ccnn2)sc2cc(Br)ccc12. The van der Waals surface area contributed by atoms with Crippen molar-refractivity contribution in [1.29, 1.82) is 0 Å². The number of carbonyl (C=O) groups is 1. The van der Waals surface area contributed by atoms with Crippen molar-refractivity contribution in [2.45, 2.75) is 6.54 Å². The highest BCUT2D eigenvalue weighted by Gasteiger charge is 2.16. The smallest absolute Gasteiger partial charge is 0.263 e. The van der Waals surface area contributed by atoms with Crippen LogP contribution in [0, 0.1) is 0 Å². The van der Waals surface area contributed by atoms with Crippen LogP contribution in [0.1, 0.15) is 9.67 Å². The Morgan fingerprint density at radius 3 is 3.10 bits per heavy atom. The van der Waals surface area contributed by atoms with Gasteiger partial charge in [0.1, 0.15) is 4.88 Å². The third kappa shape index (κ3) is 2.91. The number of nitrogen functional groups attached to an aromatic ring is 1. The zero-order chi connectivity index (χ0) is 14.8. The molecule has 0 aliphatic carbocycles. The lowest BCUT2D eigenvalue weighted by Crippen LogP contribution is -2.27. The normalized spacial score (nSPS) is 10.9. The second-order valence-electron chi connectivity index (χ2n) is 4.41. The number of benzene rings is 1. The number of thiophene rings is 1. The maximum atomic E-state index is 12.2. The molecule has 0 radical (unpaired) electrons. The summed E-state index contributed by atoms with van der Waals surface area (Å²) in [5, 5.41) is 11.3. The largest absolute Gasteiger partial charge is 0.397 e. The van der Waals surface area contributed by atoms with E-state index in [0.717, 1.165) is 14.6 Å². The summed E-state index contributed by atoms with van der Waals surface area (Å²) in [6.07, 6.45) is 3.35. The molecule has 0 saturated carbocycles. The Morgan fingerprint density at radius 2 is 2.33 bits per heavy atom. The van der Waals surface area contributed by atoms with Crippen molar-refractivity contribution in [2.24, 2.45) is 0 Å². The minimum absolute atomic E-state index is 0.162. The number of hydrogen-bond donors (Lipinski definition) is 2. The predicted molar refractivity (Wildman–Crippen MR) is 86.3 cm³/mol. The van der Waals surface area contributed by atoms with Gasteiger partial charge in [0.2, 0.25) is 0 Å². The van der Waals surface area contributed by atoms with Crippen molar-refractivity contribution in [2.75, 3.05) is 12.3 Å². The Kier molecular flexibility index (Phi) is 3.89. The van der Waals surface area contributed by atoms with Gasteiger partial charge in [-0.1, -0.05) is 27.2 Å². The molecule has 0 bridgehead atoms. The summed E-state index contributed by atoms with van der Waals surface area (Å²) >= 11 is 4.81. The van der Waals surface area contributed by atoms with Gasteiger partial charge < -0.3 is 11.1 Å². The van der Waals surface area contributed by atoms with Crippen molar-refractivity contribution in [3.63, 3.8) is 0 Å². The fraction of sp³-hybridized carbons (Fsp3) is 0.154. The van der Waals surface area contributed by atoms with Gasteiger partial charge in [0.05, 0.1) is 18.4 Å². The average molecular weight is 366 g/mol. The first-order valence-electron chi connectivity index (χ1n) is 6.25. The van der Waals surface area contributed by atoms with Crippen molar-refractivity contribution < 1.29 is 4.79 Å². The number of halogens is 1. The van der Waals surface area contributed by atoms with Gasteiger partial charge in [-0.3, -0.25) is 9.48 Å². The van der Waals surface area contributed by atoms with E-state index in [-0.39, 0.29) is 5.91 Å². The van der Waals surface area contributed by atoms with E-state index in [2.05, 4.69) is 31.6 Å². The van der Waals surface area contributed by atoms with E-state index in [1.165, 1.54) is 11.3 Å². The van der Waals surface area contributed by atoms with Crippen LogP contribution in [0.2, 0.25) is 0 Å². The summed E-state index contributed by atoms with van der Waals surface area (Å²) in [6, 6.07) is 5.79. The van der Waals surface area contributed by atoms with Crippen LogP contribution >= 0.6 is 27.3 Å². The van der Waals surface area contributed by atoms with Crippen LogP contribution in [0.5, 0.6) is 0 Å². The van der Waals surface area contributed by atoms with Gasteiger partial charge in [-0.05, 0) is 12.1 Å². The number of nitrogens with two attached hydrogens (primary N) is 1. The Hall–Kier alpha value is -1.93. The summed E-state index contributed by atoms with van der Waals surface area (Å²) in [4.78, 5) is 12.8. The molecule has 0 fully saturated rings. The molecule has 0 spiro atoms. The number of aromatic nitrogens is 3. The lowest BCUT2D eigenvalue weighted by atomic mass is 10.2. The van der Waals surface area contributed by atoms with E-state index in [4.69, 9.17) is 5.73 Å². The number of nitrogens with zero attached hydrogens (tertiary/aromatic N) is 3. The molecule has 0 saturated heterocycles. The molecule has 0 aliphatic rings. The lowest BCUT2D eigenvalue weighted by molar-refractivity contribution is 0.0957. The quantitative estimate of drug-likeness (QED) is 0.742. The molecule has 3 aromatic rings. The molecule has 3 N–H and O–H groups in total. The first-order valence-corrected chi connectivity index (χ1v) is 7.86. The Balaban J connectivity index is 1.73. The monoisotopic (exact) mass is 365 g/mol. The first kappa shape index (κ1) is 14.0. The Morgan fingerprint density at radius 1 is 1.48 bits per heavy atom. The van der Waals surface area contributed by atoms with Gasteiger partial charge in [-0.15, -0.1) is 16.4 Å². The first-order chi connectivity index (χ1) is 10.1. The van der Waals surface area contributed by atoms with Crippen LogP contribution in [-0.4, -0.2) is 27.4 Å². The third-order valence-corrected chi connectivity index (χ3v) is 4.66. The highest BCUT2D eigenvalue weighted by atomic mass is 79.9. The molecule has 1 aromatic carbocycles. The summed E-state index contributed by atoms with van der Waals surface area (Å²) in [5.41, 5.74) is 6.59. The molecule has 3 rings (SSSR count). The second-order valence-corrected chi connectivity index (χ2v) is 6.38. The zero-order valence-corrected chi connectivity index (χ0v) is 13.3. The lowest BCUT2D eigenvalue weighted by Gasteiger charge is -2.04. The van der Waals surface area contributed by atoms with E-state index < -0.39 is 0 Å². The molecule has 0 atom stereocenters.